The second kappa shape index (κ2) is 5.20. The summed E-state index contributed by atoms with van der Waals surface area (Å²) in [5.74, 6) is 0.101. The maximum Gasteiger partial charge on any atom is 0.269 e. The Morgan fingerprint density at radius 1 is 1.45 bits per heavy atom. The fraction of sp³-hybridized carbons (Fsp3) is 0.500. The van der Waals surface area contributed by atoms with Crippen LogP contribution in [-0.4, -0.2) is 22.9 Å². The molecule has 0 spiro atoms. The van der Waals surface area contributed by atoms with Gasteiger partial charge in [0.05, 0.1) is 10.8 Å². The number of fused-ring (bicyclic) bond motifs is 2. The maximum atomic E-state index is 12.1. The van der Waals surface area contributed by atoms with Crippen molar-refractivity contribution in [3.8, 4) is 0 Å². The smallest absolute Gasteiger partial charge is 0.269 e. The lowest BCUT2D eigenvalue weighted by molar-refractivity contribution is -0.384. The van der Waals surface area contributed by atoms with Crippen LogP contribution in [0.1, 0.15) is 24.8 Å². The number of nitrogens with zero attached hydrogens (tertiary/aromatic N) is 1. The third-order valence-electron chi connectivity index (χ3n) is 4.22. The van der Waals surface area contributed by atoms with Crippen molar-refractivity contribution in [2.45, 2.75) is 37.9 Å². The molecule has 1 amide bonds. The number of amides is 1. The predicted octanol–water partition coefficient (Wildman–Crippen LogP) is 1.35. The van der Waals surface area contributed by atoms with Crippen LogP contribution in [0.4, 0.5) is 5.69 Å². The molecule has 3 atom stereocenters. The van der Waals surface area contributed by atoms with E-state index in [0.717, 1.165) is 18.4 Å². The summed E-state index contributed by atoms with van der Waals surface area (Å²) in [6, 6.07) is 7.17. The van der Waals surface area contributed by atoms with E-state index in [4.69, 9.17) is 0 Å². The molecular formula is C14H17N3O3. The zero-order chi connectivity index (χ0) is 14.1. The van der Waals surface area contributed by atoms with E-state index in [2.05, 4.69) is 10.6 Å². The Labute approximate surface area is 116 Å². The Morgan fingerprint density at radius 3 is 2.95 bits per heavy atom. The van der Waals surface area contributed by atoms with Crippen LogP contribution in [0.25, 0.3) is 0 Å². The number of nitro groups is 1. The van der Waals surface area contributed by atoms with Gasteiger partial charge in [-0.05, 0) is 24.8 Å². The second-order valence-electron chi connectivity index (χ2n) is 5.53. The molecule has 2 saturated heterocycles. The lowest BCUT2D eigenvalue weighted by Gasteiger charge is -2.19. The van der Waals surface area contributed by atoms with Gasteiger partial charge >= 0.3 is 0 Å². The van der Waals surface area contributed by atoms with Crippen LogP contribution < -0.4 is 10.6 Å². The number of hydrogen-bond acceptors (Lipinski definition) is 4. The zero-order valence-electron chi connectivity index (χ0n) is 11.0. The molecule has 3 rings (SSSR count). The number of carbonyl (C=O) groups excluding carboxylic acids is 1. The Hall–Kier alpha value is -1.95. The van der Waals surface area contributed by atoms with Crippen LogP contribution >= 0.6 is 0 Å². The molecule has 2 bridgehead atoms. The molecule has 2 N–H and O–H groups in total. The van der Waals surface area contributed by atoms with Crippen LogP contribution in [0.15, 0.2) is 24.3 Å². The average molecular weight is 275 g/mol. The van der Waals surface area contributed by atoms with Gasteiger partial charge < -0.3 is 10.6 Å². The Bertz CT molecular complexity index is 546. The van der Waals surface area contributed by atoms with E-state index in [1.54, 1.807) is 12.1 Å². The highest BCUT2D eigenvalue weighted by molar-refractivity contribution is 5.80. The highest BCUT2D eigenvalue weighted by Gasteiger charge is 2.42. The van der Waals surface area contributed by atoms with Gasteiger partial charge in [0.25, 0.3) is 5.69 Å². The molecule has 2 aliphatic rings. The summed E-state index contributed by atoms with van der Waals surface area (Å²) in [5, 5.41) is 17.0. The van der Waals surface area contributed by atoms with Crippen molar-refractivity contribution in [3.05, 3.63) is 39.9 Å². The van der Waals surface area contributed by atoms with Crippen LogP contribution in [0.5, 0.6) is 0 Å². The number of benzene rings is 1. The lowest BCUT2D eigenvalue weighted by atomic mass is 9.88. The minimum absolute atomic E-state index is 0.0486. The third-order valence-corrected chi connectivity index (χ3v) is 4.22. The molecule has 0 saturated carbocycles. The van der Waals surface area contributed by atoms with Crippen LogP contribution in [0.3, 0.4) is 0 Å². The average Bonchev–Trinajstić information content (AvgIpc) is 3.07. The summed E-state index contributed by atoms with van der Waals surface area (Å²) in [6.07, 6.45) is 3.14. The van der Waals surface area contributed by atoms with E-state index < -0.39 is 4.92 Å². The molecule has 2 heterocycles. The van der Waals surface area contributed by atoms with Crippen molar-refractivity contribution in [3.63, 3.8) is 0 Å². The van der Waals surface area contributed by atoms with Gasteiger partial charge in [-0.2, -0.15) is 0 Å². The van der Waals surface area contributed by atoms with Crippen molar-refractivity contribution in [1.29, 1.82) is 0 Å². The highest BCUT2D eigenvalue weighted by Crippen LogP contribution is 2.33. The molecule has 6 nitrogen and oxygen atoms in total. The summed E-state index contributed by atoms with van der Waals surface area (Å²) in [6.45, 7) is 0.342. The quantitative estimate of drug-likeness (QED) is 0.641. The van der Waals surface area contributed by atoms with Gasteiger partial charge in [0.2, 0.25) is 5.91 Å². The Morgan fingerprint density at radius 2 is 2.30 bits per heavy atom. The largest absolute Gasteiger partial charge is 0.352 e. The summed E-state index contributed by atoms with van der Waals surface area (Å²) in [7, 11) is 0. The number of nitrogens with one attached hydrogen (secondary N) is 2. The van der Waals surface area contributed by atoms with Crippen molar-refractivity contribution in [2.75, 3.05) is 0 Å². The van der Waals surface area contributed by atoms with E-state index in [1.807, 2.05) is 0 Å². The molecule has 6 heteroatoms. The summed E-state index contributed by atoms with van der Waals surface area (Å²) in [4.78, 5) is 22.4. The van der Waals surface area contributed by atoms with Gasteiger partial charge in [0, 0.05) is 30.8 Å². The lowest BCUT2D eigenvalue weighted by Crippen LogP contribution is -2.37. The molecule has 1 aromatic rings. The van der Waals surface area contributed by atoms with E-state index in [-0.39, 0.29) is 17.5 Å². The Balaban J connectivity index is 1.58. The molecule has 106 valence electrons. The third kappa shape index (κ3) is 2.51. The van der Waals surface area contributed by atoms with Gasteiger partial charge in [0.1, 0.15) is 0 Å². The molecular weight excluding hydrogens is 258 g/mol. The first-order chi connectivity index (χ1) is 9.63. The molecule has 2 fully saturated rings. The molecule has 2 aliphatic heterocycles. The normalized spacial score (nSPS) is 27.5. The monoisotopic (exact) mass is 275 g/mol. The summed E-state index contributed by atoms with van der Waals surface area (Å²) < 4.78 is 0. The minimum atomic E-state index is -0.425. The minimum Gasteiger partial charge on any atom is -0.352 e. The number of rotatable bonds is 4. The molecule has 0 aliphatic carbocycles. The van der Waals surface area contributed by atoms with Crippen LogP contribution in [0, 0.1) is 16.0 Å². The van der Waals surface area contributed by atoms with E-state index in [1.165, 1.54) is 18.6 Å². The first-order valence-electron chi connectivity index (χ1n) is 6.90. The van der Waals surface area contributed by atoms with Gasteiger partial charge in [-0.3, -0.25) is 14.9 Å². The number of non-ortho nitro benzene ring substituents is 1. The highest BCUT2D eigenvalue weighted by atomic mass is 16.6. The second-order valence-corrected chi connectivity index (χ2v) is 5.53. The fourth-order valence-electron chi connectivity index (χ4n) is 3.21. The number of hydrogen-bond donors (Lipinski definition) is 2. The van der Waals surface area contributed by atoms with E-state index in [0.29, 0.717) is 18.6 Å². The Kier molecular flexibility index (Phi) is 3.40. The van der Waals surface area contributed by atoms with Crippen LogP contribution in [0.2, 0.25) is 0 Å². The van der Waals surface area contributed by atoms with Gasteiger partial charge in [-0.25, -0.2) is 0 Å². The van der Waals surface area contributed by atoms with Crippen molar-refractivity contribution in [1.82, 2.24) is 10.6 Å². The van der Waals surface area contributed by atoms with E-state index >= 15 is 0 Å². The topological polar surface area (TPSA) is 84.3 Å². The first kappa shape index (κ1) is 13.1. The molecule has 0 radical (unpaired) electrons. The summed E-state index contributed by atoms with van der Waals surface area (Å²) >= 11 is 0. The fourth-order valence-corrected chi connectivity index (χ4v) is 3.21. The van der Waals surface area contributed by atoms with E-state index in [9.17, 15) is 14.9 Å². The zero-order valence-corrected chi connectivity index (χ0v) is 11.0. The van der Waals surface area contributed by atoms with Crippen molar-refractivity contribution < 1.29 is 9.72 Å². The maximum absolute atomic E-state index is 12.1. The van der Waals surface area contributed by atoms with Crippen molar-refractivity contribution in [2.24, 2.45) is 5.92 Å². The van der Waals surface area contributed by atoms with Gasteiger partial charge in [0.15, 0.2) is 0 Å². The first-order valence-corrected chi connectivity index (χ1v) is 6.90. The summed E-state index contributed by atoms with van der Waals surface area (Å²) in [5.41, 5.74) is 0.807. The molecule has 20 heavy (non-hydrogen) atoms. The van der Waals surface area contributed by atoms with Gasteiger partial charge in [-0.1, -0.05) is 12.1 Å². The van der Waals surface area contributed by atoms with Crippen LogP contribution in [-0.2, 0) is 11.3 Å². The van der Waals surface area contributed by atoms with Crippen molar-refractivity contribution >= 4 is 11.6 Å². The predicted molar refractivity (Wildman–Crippen MR) is 73.0 cm³/mol. The standard InChI is InChI=1S/C14H17N3O3/c18-14(12-7-10-4-5-13(12)16-10)15-8-9-2-1-3-11(6-9)17(19)20/h1-3,6,10,12-13,16H,4-5,7-8H2,(H,15,18). The number of nitro benzene ring substituents is 1. The van der Waals surface area contributed by atoms with Gasteiger partial charge in [-0.15, -0.1) is 0 Å². The number of carbonyl (C=O) groups is 1. The SMILES string of the molecule is O=C(NCc1cccc([N+](=O)[O-])c1)C1CC2CCC1N2. The molecule has 1 aromatic carbocycles. The molecule has 0 aromatic heterocycles. The molecule has 3 unspecified atom stereocenters.